The van der Waals surface area contributed by atoms with Crippen LogP contribution < -0.4 is 10.6 Å². The number of rotatable bonds is 3. The van der Waals surface area contributed by atoms with Gasteiger partial charge < -0.3 is 10.6 Å². The molecule has 0 bridgehead atoms. The summed E-state index contributed by atoms with van der Waals surface area (Å²) in [7, 11) is 0. The summed E-state index contributed by atoms with van der Waals surface area (Å²) < 4.78 is 41.7. The highest BCUT2D eigenvalue weighted by Crippen LogP contribution is 2.46. The van der Waals surface area contributed by atoms with E-state index in [-0.39, 0.29) is 29.0 Å². The van der Waals surface area contributed by atoms with Crippen molar-refractivity contribution in [1.82, 2.24) is 15.1 Å². The van der Waals surface area contributed by atoms with E-state index in [1.807, 2.05) is 0 Å². The lowest BCUT2D eigenvalue weighted by Crippen LogP contribution is -2.36. The number of carbonyl (C=O) groups is 1. The Bertz CT molecular complexity index is 859. The molecular weight excluding hydrogens is 415 g/mol. The van der Waals surface area contributed by atoms with Crippen molar-refractivity contribution in [3.05, 3.63) is 46.1 Å². The minimum Gasteiger partial charge on any atom is -0.362 e. The van der Waals surface area contributed by atoms with Crippen molar-refractivity contribution in [1.29, 1.82) is 5.26 Å². The van der Waals surface area contributed by atoms with Gasteiger partial charge in [-0.05, 0) is 21.5 Å². The van der Waals surface area contributed by atoms with Crippen LogP contribution in [0.3, 0.4) is 0 Å². The predicted molar refractivity (Wildman–Crippen MR) is 90.4 cm³/mol. The van der Waals surface area contributed by atoms with E-state index < -0.39 is 24.2 Å². The van der Waals surface area contributed by atoms with Crippen LogP contribution in [0, 0.1) is 11.3 Å². The molecule has 0 spiro atoms. The van der Waals surface area contributed by atoms with E-state index in [1.54, 1.807) is 36.4 Å². The predicted octanol–water partition coefficient (Wildman–Crippen LogP) is 3.56. The molecule has 3 rings (SSSR count). The molecule has 1 aliphatic rings. The Morgan fingerprint density at radius 1 is 1.42 bits per heavy atom. The Labute approximate surface area is 155 Å². The fourth-order valence-electron chi connectivity index (χ4n) is 2.84. The molecule has 6 nitrogen and oxygen atoms in total. The molecule has 1 aliphatic heterocycles. The number of nitrogens with one attached hydrogen (secondary N) is 2. The van der Waals surface area contributed by atoms with E-state index in [2.05, 4.69) is 31.7 Å². The topological polar surface area (TPSA) is 82.7 Å². The summed E-state index contributed by atoms with van der Waals surface area (Å²) >= 11 is 3.17. The van der Waals surface area contributed by atoms with Crippen LogP contribution in [0.1, 0.15) is 34.6 Å². The lowest BCUT2D eigenvalue weighted by Gasteiger charge is -2.33. The second-order valence-corrected chi connectivity index (χ2v) is 6.49. The van der Waals surface area contributed by atoms with Crippen molar-refractivity contribution in [3.8, 4) is 6.07 Å². The maximum atomic E-state index is 13.6. The molecule has 0 aliphatic carbocycles. The Morgan fingerprint density at radius 3 is 2.73 bits per heavy atom. The van der Waals surface area contributed by atoms with E-state index in [0.29, 0.717) is 5.56 Å². The molecule has 10 heteroatoms. The van der Waals surface area contributed by atoms with Crippen LogP contribution in [-0.4, -0.2) is 28.4 Å². The van der Waals surface area contributed by atoms with Gasteiger partial charge in [-0.2, -0.15) is 23.5 Å². The summed E-state index contributed by atoms with van der Waals surface area (Å²) in [4.78, 5) is 12.1. The van der Waals surface area contributed by atoms with Gasteiger partial charge in [0, 0.05) is 6.42 Å². The fourth-order valence-corrected chi connectivity index (χ4v) is 3.40. The Kier molecular flexibility index (Phi) is 4.91. The normalized spacial score (nSPS) is 19.2. The average Bonchev–Trinajstić information content (AvgIpc) is 2.95. The molecule has 1 aromatic carbocycles. The van der Waals surface area contributed by atoms with Crippen LogP contribution in [0.15, 0.2) is 34.8 Å². The Morgan fingerprint density at radius 2 is 2.12 bits per heavy atom. The van der Waals surface area contributed by atoms with Gasteiger partial charge in [0.05, 0.1) is 16.6 Å². The van der Waals surface area contributed by atoms with Crippen LogP contribution in [-0.2, 0) is 0 Å². The third-order valence-electron chi connectivity index (χ3n) is 4.04. The summed E-state index contributed by atoms with van der Waals surface area (Å²) in [5.41, 5.74) is 0.502. The number of alkyl halides is 3. The summed E-state index contributed by atoms with van der Waals surface area (Å²) in [5.74, 6) is -0.645. The van der Waals surface area contributed by atoms with Gasteiger partial charge in [-0.1, -0.05) is 30.3 Å². The third kappa shape index (κ3) is 3.39. The van der Waals surface area contributed by atoms with Crippen LogP contribution >= 0.6 is 15.9 Å². The zero-order chi connectivity index (χ0) is 18.9. The number of aromatic nitrogens is 2. The third-order valence-corrected chi connectivity index (χ3v) is 4.79. The zero-order valence-electron chi connectivity index (χ0n) is 13.2. The quantitative estimate of drug-likeness (QED) is 0.733. The number of hydrogen-bond acceptors (Lipinski definition) is 4. The second kappa shape index (κ2) is 6.99. The van der Waals surface area contributed by atoms with Crippen molar-refractivity contribution in [3.63, 3.8) is 0 Å². The lowest BCUT2D eigenvalue weighted by molar-refractivity contribution is -0.173. The standard InChI is InChI=1S/C16H13BrF3N5O/c17-12-13(15(26)22-7-6-21)24-25-11(16(18,19)20)8-10(23-14(12)25)9-4-2-1-3-5-9/h1-5,10-11,23H,7-8H2,(H,22,26)/t10-,11-/m0/s1. The van der Waals surface area contributed by atoms with Crippen molar-refractivity contribution in [2.24, 2.45) is 0 Å². The van der Waals surface area contributed by atoms with Crippen molar-refractivity contribution >= 4 is 27.7 Å². The first kappa shape index (κ1) is 18.3. The molecule has 0 unspecified atom stereocenters. The molecule has 0 fully saturated rings. The Hall–Kier alpha value is -2.54. The molecular formula is C16H13BrF3N5O. The molecule has 0 saturated carbocycles. The van der Waals surface area contributed by atoms with Gasteiger partial charge in [-0.3, -0.25) is 4.79 Å². The average molecular weight is 428 g/mol. The highest BCUT2D eigenvalue weighted by Gasteiger charge is 2.47. The zero-order valence-corrected chi connectivity index (χ0v) is 14.8. The molecule has 2 heterocycles. The second-order valence-electron chi connectivity index (χ2n) is 5.70. The van der Waals surface area contributed by atoms with E-state index in [0.717, 1.165) is 4.68 Å². The molecule has 26 heavy (non-hydrogen) atoms. The Balaban J connectivity index is 2.03. The van der Waals surface area contributed by atoms with E-state index >= 15 is 0 Å². The smallest absolute Gasteiger partial charge is 0.362 e. The number of amides is 1. The highest BCUT2D eigenvalue weighted by atomic mass is 79.9. The first-order valence-electron chi connectivity index (χ1n) is 7.64. The maximum Gasteiger partial charge on any atom is 0.410 e. The molecule has 1 aromatic heterocycles. The summed E-state index contributed by atoms with van der Waals surface area (Å²) in [6, 6.07) is 8.04. The number of anilines is 1. The first-order valence-corrected chi connectivity index (χ1v) is 8.43. The molecule has 0 saturated heterocycles. The van der Waals surface area contributed by atoms with Crippen molar-refractivity contribution in [2.75, 3.05) is 11.9 Å². The highest BCUT2D eigenvalue weighted by molar-refractivity contribution is 9.10. The van der Waals surface area contributed by atoms with Crippen LogP contribution in [0.5, 0.6) is 0 Å². The monoisotopic (exact) mass is 427 g/mol. The van der Waals surface area contributed by atoms with E-state index in [4.69, 9.17) is 5.26 Å². The number of nitrogens with zero attached hydrogens (tertiary/aromatic N) is 3. The lowest BCUT2D eigenvalue weighted by atomic mass is 9.97. The largest absolute Gasteiger partial charge is 0.410 e. The number of fused-ring (bicyclic) bond motifs is 1. The molecule has 2 aromatic rings. The van der Waals surface area contributed by atoms with Crippen molar-refractivity contribution < 1.29 is 18.0 Å². The van der Waals surface area contributed by atoms with Gasteiger partial charge in [0.25, 0.3) is 5.91 Å². The molecule has 2 N–H and O–H groups in total. The number of benzene rings is 1. The summed E-state index contributed by atoms with van der Waals surface area (Å²) in [5, 5.41) is 17.7. The van der Waals surface area contributed by atoms with Crippen LogP contribution in [0.25, 0.3) is 0 Å². The van der Waals surface area contributed by atoms with Gasteiger partial charge in [-0.25, -0.2) is 4.68 Å². The first-order chi connectivity index (χ1) is 12.3. The van der Waals surface area contributed by atoms with E-state index in [9.17, 15) is 18.0 Å². The van der Waals surface area contributed by atoms with Gasteiger partial charge >= 0.3 is 6.18 Å². The SMILES string of the molecule is N#CCNC(=O)c1nn2c(c1Br)N[C@H](c1ccccc1)C[C@H]2C(F)(F)F. The number of hydrogen-bond donors (Lipinski definition) is 2. The van der Waals surface area contributed by atoms with Gasteiger partial charge in [0.2, 0.25) is 0 Å². The molecule has 1 amide bonds. The summed E-state index contributed by atoms with van der Waals surface area (Å²) in [6.45, 7) is -0.268. The summed E-state index contributed by atoms with van der Waals surface area (Å²) in [6.07, 6.45) is -4.79. The van der Waals surface area contributed by atoms with Gasteiger partial charge in [0.1, 0.15) is 12.4 Å². The maximum absolute atomic E-state index is 13.6. The van der Waals surface area contributed by atoms with Crippen LogP contribution in [0.2, 0.25) is 0 Å². The van der Waals surface area contributed by atoms with Gasteiger partial charge in [-0.15, -0.1) is 0 Å². The fraction of sp³-hybridized carbons (Fsp3) is 0.312. The van der Waals surface area contributed by atoms with E-state index in [1.165, 1.54) is 0 Å². The minimum atomic E-state index is -4.53. The minimum absolute atomic E-state index is 0.0783. The van der Waals surface area contributed by atoms with Crippen molar-refractivity contribution in [2.45, 2.75) is 24.7 Å². The number of nitriles is 1. The molecule has 0 radical (unpaired) electrons. The molecule has 136 valence electrons. The van der Waals surface area contributed by atoms with Gasteiger partial charge in [0.15, 0.2) is 11.7 Å². The number of halogens is 4. The number of carbonyl (C=O) groups excluding carboxylic acids is 1. The molecule has 2 atom stereocenters. The van der Waals surface area contributed by atoms with Crippen LogP contribution in [0.4, 0.5) is 19.0 Å².